The molecule has 1 saturated carbocycles. The Morgan fingerprint density at radius 2 is 1.73 bits per heavy atom. The van der Waals surface area contributed by atoms with Crippen LogP contribution in [0.3, 0.4) is 0 Å². The number of amides is 2. The summed E-state index contributed by atoms with van der Waals surface area (Å²) in [5.41, 5.74) is 2.47. The molecule has 8 nitrogen and oxygen atoms in total. The second-order valence-corrected chi connectivity index (χ2v) is 9.15. The lowest BCUT2D eigenvalue weighted by molar-refractivity contribution is -0.123. The van der Waals surface area contributed by atoms with Gasteiger partial charge in [-0.15, -0.1) is 0 Å². The molecular weight excluding hydrogens is 468 g/mol. The van der Waals surface area contributed by atoms with Crippen molar-refractivity contribution >= 4 is 17.5 Å². The summed E-state index contributed by atoms with van der Waals surface area (Å²) in [6, 6.07) is 12.1. The molecule has 2 amide bonds. The van der Waals surface area contributed by atoms with Crippen molar-refractivity contribution in [3.8, 4) is 11.5 Å². The fraction of sp³-hybridized carbons (Fsp3) is 0.379. The van der Waals surface area contributed by atoms with Gasteiger partial charge in [-0.25, -0.2) is 4.98 Å². The molecule has 1 heterocycles. The zero-order valence-corrected chi connectivity index (χ0v) is 21.6. The number of aryl methyl sites for hydroxylation is 1. The molecule has 0 bridgehead atoms. The Morgan fingerprint density at radius 3 is 2.35 bits per heavy atom. The molecule has 0 aliphatic heterocycles. The fourth-order valence-electron chi connectivity index (χ4n) is 4.78. The van der Waals surface area contributed by atoms with E-state index in [2.05, 4.69) is 22.2 Å². The minimum absolute atomic E-state index is 0.0693. The molecule has 0 radical (unpaired) electrons. The van der Waals surface area contributed by atoms with Crippen molar-refractivity contribution in [2.24, 2.45) is 0 Å². The minimum Gasteiger partial charge on any atom is -0.493 e. The predicted octanol–water partition coefficient (Wildman–Crippen LogP) is 4.89. The monoisotopic (exact) mass is 502 g/mol. The summed E-state index contributed by atoms with van der Waals surface area (Å²) in [5.74, 6) is 0.340. The summed E-state index contributed by atoms with van der Waals surface area (Å²) in [4.78, 5) is 37.8. The molecule has 4 rings (SSSR count). The number of anilines is 1. The molecule has 8 heteroatoms. The van der Waals surface area contributed by atoms with E-state index in [1.165, 1.54) is 29.9 Å². The van der Waals surface area contributed by atoms with Crippen LogP contribution in [0.5, 0.6) is 11.5 Å². The Morgan fingerprint density at radius 1 is 1.00 bits per heavy atom. The second-order valence-electron chi connectivity index (χ2n) is 9.15. The average molecular weight is 503 g/mol. The van der Waals surface area contributed by atoms with Crippen LogP contribution in [-0.4, -0.2) is 42.0 Å². The van der Waals surface area contributed by atoms with Crippen molar-refractivity contribution in [3.63, 3.8) is 0 Å². The first-order chi connectivity index (χ1) is 18.0. The van der Waals surface area contributed by atoms with Crippen LogP contribution < -0.4 is 19.7 Å². The second kappa shape index (κ2) is 12.3. The normalized spacial score (nSPS) is 14.5. The molecule has 1 aliphatic rings. The molecule has 1 N–H and O–H groups in total. The largest absolute Gasteiger partial charge is 0.493 e. The van der Waals surface area contributed by atoms with Gasteiger partial charge in [0.2, 0.25) is 5.91 Å². The maximum absolute atomic E-state index is 14.0. The van der Waals surface area contributed by atoms with Gasteiger partial charge in [0, 0.05) is 24.1 Å². The van der Waals surface area contributed by atoms with Crippen LogP contribution in [0.1, 0.15) is 66.7 Å². The number of aromatic nitrogens is 2. The summed E-state index contributed by atoms with van der Waals surface area (Å²) < 4.78 is 11.0. The topological polar surface area (TPSA) is 93.7 Å². The van der Waals surface area contributed by atoms with Crippen LogP contribution in [0.15, 0.2) is 61.1 Å². The van der Waals surface area contributed by atoms with Crippen molar-refractivity contribution in [3.05, 3.63) is 77.9 Å². The maximum Gasteiger partial charge on any atom is 0.279 e. The highest BCUT2D eigenvalue weighted by molar-refractivity contribution is 6.09. The first-order valence-electron chi connectivity index (χ1n) is 12.8. The third kappa shape index (κ3) is 6.07. The first-order valence-corrected chi connectivity index (χ1v) is 12.8. The van der Waals surface area contributed by atoms with Gasteiger partial charge < -0.3 is 14.8 Å². The number of carbonyl (C=O) groups excluding carboxylic acids is 2. The number of carbonyl (C=O) groups is 2. The number of benzene rings is 2. The predicted molar refractivity (Wildman–Crippen MR) is 142 cm³/mol. The van der Waals surface area contributed by atoms with Crippen LogP contribution in [0.2, 0.25) is 0 Å². The van der Waals surface area contributed by atoms with Crippen LogP contribution in [0.25, 0.3) is 0 Å². The lowest BCUT2D eigenvalue weighted by atomic mass is 9.94. The van der Waals surface area contributed by atoms with E-state index in [1.807, 2.05) is 24.3 Å². The van der Waals surface area contributed by atoms with E-state index in [0.29, 0.717) is 22.7 Å². The van der Waals surface area contributed by atoms with Gasteiger partial charge in [0.25, 0.3) is 5.91 Å². The third-order valence-corrected chi connectivity index (χ3v) is 6.81. The van der Waals surface area contributed by atoms with Gasteiger partial charge in [0.1, 0.15) is 11.7 Å². The minimum atomic E-state index is -0.969. The number of nitrogens with zero attached hydrogens (tertiary/aromatic N) is 3. The Balaban J connectivity index is 1.84. The van der Waals surface area contributed by atoms with E-state index in [1.54, 1.807) is 32.4 Å². The van der Waals surface area contributed by atoms with E-state index in [-0.39, 0.29) is 17.6 Å². The van der Waals surface area contributed by atoms with Crippen molar-refractivity contribution in [2.45, 2.75) is 57.5 Å². The lowest BCUT2D eigenvalue weighted by Crippen LogP contribution is -2.47. The number of hydrogen-bond acceptors (Lipinski definition) is 6. The van der Waals surface area contributed by atoms with Gasteiger partial charge in [-0.1, -0.05) is 44.4 Å². The quantitative estimate of drug-likeness (QED) is 0.448. The van der Waals surface area contributed by atoms with Crippen LogP contribution >= 0.6 is 0 Å². The van der Waals surface area contributed by atoms with Gasteiger partial charge in [-0.3, -0.25) is 19.5 Å². The number of ether oxygens (including phenoxy) is 2. The first kappa shape index (κ1) is 26.1. The van der Waals surface area contributed by atoms with E-state index in [9.17, 15) is 9.59 Å². The van der Waals surface area contributed by atoms with E-state index >= 15 is 0 Å². The van der Waals surface area contributed by atoms with Gasteiger partial charge in [-0.05, 0) is 54.7 Å². The van der Waals surface area contributed by atoms with Crippen molar-refractivity contribution in [1.82, 2.24) is 15.3 Å². The standard InChI is InChI=1S/C29H34N4O4/c1-4-20-10-13-23(14-11-20)33(29(35)24-19-30-16-17-31-24)27(28(34)32-22-8-6-5-7-9-22)21-12-15-25(36-2)26(18-21)37-3/h10-19,22,27H,4-9H2,1-3H3,(H,32,34)/t27-/m1/s1. The number of nitrogens with one attached hydrogen (secondary N) is 1. The van der Waals surface area contributed by atoms with E-state index in [0.717, 1.165) is 37.7 Å². The van der Waals surface area contributed by atoms with Crippen LogP contribution in [0.4, 0.5) is 5.69 Å². The molecule has 1 aromatic heterocycles. The molecule has 194 valence electrons. The third-order valence-electron chi connectivity index (χ3n) is 6.81. The van der Waals surface area contributed by atoms with Gasteiger partial charge in [-0.2, -0.15) is 0 Å². The van der Waals surface area contributed by atoms with Gasteiger partial charge >= 0.3 is 0 Å². The van der Waals surface area contributed by atoms with Crippen molar-refractivity contribution in [1.29, 1.82) is 0 Å². The molecule has 37 heavy (non-hydrogen) atoms. The average Bonchev–Trinajstić information content (AvgIpc) is 2.96. The van der Waals surface area contributed by atoms with E-state index < -0.39 is 11.9 Å². The highest BCUT2D eigenvalue weighted by atomic mass is 16.5. The zero-order valence-electron chi connectivity index (χ0n) is 21.6. The molecule has 2 aromatic carbocycles. The highest BCUT2D eigenvalue weighted by Crippen LogP contribution is 2.35. The number of rotatable bonds is 9. The van der Waals surface area contributed by atoms with Crippen LogP contribution in [0, 0.1) is 0 Å². The van der Waals surface area contributed by atoms with Crippen LogP contribution in [-0.2, 0) is 11.2 Å². The highest BCUT2D eigenvalue weighted by Gasteiger charge is 2.35. The van der Waals surface area contributed by atoms with E-state index in [4.69, 9.17) is 9.47 Å². The SMILES string of the molecule is CCc1ccc(N(C(=O)c2cnccn2)[C@@H](C(=O)NC2CCCCC2)c2ccc(OC)c(OC)c2)cc1. The van der Waals surface area contributed by atoms with Gasteiger partial charge in [0.15, 0.2) is 11.5 Å². The summed E-state index contributed by atoms with van der Waals surface area (Å²) in [6.07, 6.45) is 10.4. The molecule has 3 aromatic rings. The number of hydrogen-bond donors (Lipinski definition) is 1. The molecule has 0 unspecified atom stereocenters. The Labute approximate surface area is 218 Å². The maximum atomic E-state index is 14.0. The molecule has 0 spiro atoms. The summed E-state index contributed by atoms with van der Waals surface area (Å²) in [5, 5.41) is 3.22. The van der Waals surface area contributed by atoms with Crippen molar-refractivity contribution < 1.29 is 19.1 Å². The van der Waals surface area contributed by atoms with Gasteiger partial charge in [0.05, 0.1) is 20.4 Å². The van der Waals surface area contributed by atoms with Crippen molar-refractivity contribution in [2.75, 3.05) is 19.1 Å². The number of methoxy groups -OCH3 is 2. The zero-order chi connectivity index (χ0) is 26.2. The molecule has 0 saturated heterocycles. The molecule has 1 fully saturated rings. The Hall–Kier alpha value is -3.94. The molecular formula is C29H34N4O4. The molecule has 1 aliphatic carbocycles. The summed E-state index contributed by atoms with van der Waals surface area (Å²) in [6.45, 7) is 2.07. The molecule has 1 atom stereocenters. The fourth-order valence-corrected chi connectivity index (χ4v) is 4.78. The summed E-state index contributed by atoms with van der Waals surface area (Å²) in [7, 11) is 3.11. The Bertz CT molecular complexity index is 1190. The Kier molecular flexibility index (Phi) is 8.72. The lowest BCUT2D eigenvalue weighted by Gasteiger charge is -2.33. The smallest absolute Gasteiger partial charge is 0.279 e. The summed E-state index contributed by atoms with van der Waals surface area (Å²) >= 11 is 0.